The predicted octanol–water partition coefficient (Wildman–Crippen LogP) is 2.62. The summed E-state index contributed by atoms with van der Waals surface area (Å²) in [6, 6.07) is 8.15. The largest absolute Gasteiger partial charge is 0.394 e. The highest BCUT2D eigenvalue weighted by molar-refractivity contribution is 5.22. The summed E-state index contributed by atoms with van der Waals surface area (Å²) < 4.78 is 38.5. The maximum Gasteiger partial charge on any atom is 0.394 e. The second kappa shape index (κ2) is 6.59. The minimum Gasteiger partial charge on any atom is -0.315 e. The van der Waals surface area contributed by atoms with Crippen molar-refractivity contribution in [1.29, 1.82) is 0 Å². The molecule has 1 N–H and O–H groups in total. The summed E-state index contributed by atoms with van der Waals surface area (Å²) in [6.07, 6.45) is -3.31. The van der Waals surface area contributed by atoms with Crippen molar-refractivity contribution in [2.75, 3.05) is 32.7 Å². The smallest absolute Gasteiger partial charge is 0.315 e. The van der Waals surface area contributed by atoms with Crippen molar-refractivity contribution >= 4 is 0 Å². The number of hydrogen-bond donors (Lipinski definition) is 1. The van der Waals surface area contributed by atoms with Gasteiger partial charge in [0.25, 0.3) is 0 Å². The van der Waals surface area contributed by atoms with E-state index in [1.807, 2.05) is 30.0 Å². The van der Waals surface area contributed by atoms with Gasteiger partial charge in [-0.2, -0.15) is 13.2 Å². The van der Waals surface area contributed by atoms with E-state index in [2.05, 4.69) is 11.4 Å². The predicted molar refractivity (Wildman–Crippen MR) is 73.7 cm³/mol. The zero-order valence-electron chi connectivity index (χ0n) is 11.7. The Morgan fingerprint density at radius 2 is 2.15 bits per heavy atom. The van der Waals surface area contributed by atoms with Gasteiger partial charge in [-0.3, -0.25) is 0 Å². The Kier molecular flexibility index (Phi) is 5.05. The average Bonchev–Trinajstić information content (AvgIpc) is 2.61. The number of nitrogens with zero attached hydrogens (tertiary/aromatic N) is 1. The lowest BCUT2D eigenvalue weighted by Crippen LogP contribution is -2.38. The molecule has 20 heavy (non-hydrogen) atoms. The van der Waals surface area contributed by atoms with Gasteiger partial charge in [-0.05, 0) is 18.9 Å². The number of halogens is 3. The molecule has 0 bridgehead atoms. The fraction of sp³-hybridized carbons (Fsp3) is 0.600. The summed E-state index contributed by atoms with van der Waals surface area (Å²) in [5, 5.41) is 2.88. The maximum atomic E-state index is 12.8. The SMILES string of the molecule is Cc1cccc(CCN2CCNCC(C(F)(F)F)C2)c1. The molecule has 1 unspecified atom stereocenters. The van der Waals surface area contributed by atoms with Crippen molar-refractivity contribution < 1.29 is 13.2 Å². The van der Waals surface area contributed by atoms with Crippen molar-refractivity contribution in [3.8, 4) is 0 Å². The molecule has 1 aromatic carbocycles. The monoisotopic (exact) mass is 286 g/mol. The molecule has 2 rings (SSSR count). The Morgan fingerprint density at radius 1 is 1.35 bits per heavy atom. The Balaban J connectivity index is 1.91. The molecule has 0 radical (unpaired) electrons. The minimum absolute atomic E-state index is 0.0322. The van der Waals surface area contributed by atoms with Crippen LogP contribution in [-0.4, -0.2) is 43.8 Å². The van der Waals surface area contributed by atoms with Crippen molar-refractivity contribution in [3.05, 3.63) is 35.4 Å². The van der Waals surface area contributed by atoms with Crippen LogP contribution in [0, 0.1) is 12.8 Å². The molecule has 1 aliphatic rings. The van der Waals surface area contributed by atoms with Gasteiger partial charge in [0.2, 0.25) is 0 Å². The highest BCUT2D eigenvalue weighted by Gasteiger charge is 2.40. The molecule has 112 valence electrons. The van der Waals surface area contributed by atoms with Crippen LogP contribution >= 0.6 is 0 Å². The van der Waals surface area contributed by atoms with Gasteiger partial charge in [0.1, 0.15) is 0 Å². The van der Waals surface area contributed by atoms with E-state index in [1.54, 1.807) is 0 Å². The summed E-state index contributed by atoms with van der Waals surface area (Å²) in [5.74, 6) is -1.26. The van der Waals surface area contributed by atoms with Crippen LogP contribution in [0.1, 0.15) is 11.1 Å². The van der Waals surface area contributed by atoms with Crippen molar-refractivity contribution in [1.82, 2.24) is 10.2 Å². The van der Waals surface area contributed by atoms with Crippen LogP contribution in [0.25, 0.3) is 0 Å². The highest BCUT2D eigenvalue weighted by Crippen LogP contribution is 2.27. The topological polar surface area (TPSA) is 15.3 Å². The van der Waals surface area contributed by atoms with Crippen molar-refractivity contribution in [2.45, 2.75) is 19.5 Å². The van der Waals surface area contributed by atoms with Crippen molar-refractivity contribution in [2.24, 2.45) is 5.92 Å². The normalized spacial score (nSPS) is 21.7. The molecule has 1 aliphatic heterocycles. The first-order chi connectivity index (χ1) is 9.45. The standard InChI is InChI=1S/C15H21F3N2/c1-12-3-2-4-13(9-12)5-7-20-8-6-19-10-14(11-20)15(16,17)18/h2-4,9,14,19H,5-8,10-11H2,1H3. The zero-order chi connectivity index (χ0) is 14.6. The van der Waals surface area contributed by atoms with Gasteiger partial charge in [0.05, 0.1) is 5.92 Å². The minimum atomic E-state index is -4.11. The molecule has 1 fully saturated rings. The van der Waals surface area contributed by atoms with Gasteiger partial charge in [-0.25, -0.2) is 0 Å². The van der Waals surface area contributed by atoms with Crippen LogP contribution in [0.2, 0.25) is 0 Å². The van der Waals surface area contributed by atoms with Crippen LogP contribution < -0.4 is 5.32 Å². The third-order valence-corrected chi connectivity index (χ3v) is 3.74. The fourth-order valence-corrected chi connectivity index (χ4v) is 2.56. The molecule has 0 spiro atoms. The molecule has 1 heterocycles. The lowest BCUT2D eigenvalue weighted by Gasteiger charge is -2.25. The van der Waals surface area contributed by atoms with Crippen LogP contribution in [-0.2, 0) is 6.42 Å². The van der Waals surface area contributed by atoms with E-state index < -0.39 is 12.1 Å². The van der Waals surface area contributed by atoms with Crippen molar-refractivity contribution in [3.63, 3.8) is 0 Å². The quantitative estimate of drug-likeness (QED) is 0.919. The van der Waals surface area contributed by atoms with E-state index in [-0.39, 0.29) is 13.1 Å². The zero-order valence-corrected chi connectivity index (χ0v) is 11.7. The van der Waals surface area contributed by atoms with Gasteiger partial charge < -0.3 is 10.2 Å². The lowest BCUT2D eigenvalue weighted by atomic mass is 10.1. The van der Waals surface area contributed by atoms with Crippen LogP contribution in [0.3, 0.4) is 0 Å². The number of hydrogen-bond acceptors (Lipinski definition) is 2. The molecule has 0 amide bonds. The van der Waals surface area contributed by atoms with Gasteiger partial charge in [0.15, 0.2) is 0 Å². The number of aryl methyl sites for hydroxylation is 1. The summed E-state index contributed by atoms with van der Waals surface area (Å²) in [7, 11) is 0. The molecule has 2 nitrogen and oxygen atoms in total. The highest BCUT2D eigenvalue weighted by atomic mass is 19.4. The number of nitrogens with one attached hydrogen (secondary N) is 1. The van der Waals surface area contributed by atoms with E-state index >= 15 is 0 Å². The Hall–Kier alpha value is -1.07. The summed E-state index contributed by atoms with van der Waals surface area (Å²) in [5.41, 5.74) is 2.37. The molecule has 1 atom stereocenters. The summed E-state index contributed by atoms with van der Waals surface area (Å²) in [4.78, 5) is 1.92. The number of alkyl halides is 3. The van der Waals surface area contributed by atoms with E-state index in [0.29, 0.717) is 19.6 Å². The van der Waals surface area contributed by atoms with Crippen LogP contribution in [0.15, 0.2) is 24.3 Å². The van der Waals surface area contributed by atoms with Gasteiger partial charge in [-0.15, -0.1) is 0 Å². The van der Waals surface area contributed by atoms with E-state index in [0.717, 1.165) is 6.42 Å². The first-order valence-electron chi connectivity index (χ1n) is 7.00. The van der Waals surface area contributed by atoms with Gasteiger partial charge in [0, 0.05) is 32.7 Å². The average molecular weight is 286 g/mol. The van der Waals surface area contributed by atoms with Crippen LogP contribution in [0.4, 0.5) is 13.2 Å². The first-order valence-corrected chi connectivity index (χ1v) is 7.00. The summed E-state index contributed by atoms with van der Waals surface area (Å²) >= 11 is 0. The molecule has 0 saturated carbocycles. The molecular weight excluding hydrogens is 265 g/mol. The fourth-order valence-electron chi connectivity index (χ4n) is 2.56. The Morgan fingerprint density at radius 3 is 2.85 bits per heavy atom. The van der Waals surface area contributed by atoms with E-state index in [1.165, 1.54) is 11.1 Å². The molecular formula is C15H21F3N2. The van der Waals surface area contributed by atoms with Gasteiger partial charge >= 0.3 is 6.18 Å². The van der Waals surface area contributed by atoms with Gasteiger partial charge in [-0.1, -0.05) is 29.8 Å². The van der Waals surface area contributed by atoms with Crippen LogP contribution in [0.5, 0.6) is 0 Å². The second-order valence-corrected chi connectivity index (χ2v) is 5.48. The third-order valence-electron chi connectivity index (χ3n) is 3.74. The Labute approximate surface area is 118 Å². The summed E-state index contributed by atoms with van der Waals surface area (Å²) in [6.45, 7) is 4.14. The first kappa shape index (κ1) is 15.3. The van der Waals surface area contributed by atoms with E-state index in [9.17, 15) is 13.2 Å². The Bertz CT molecular complexity index is 431. The lowest BCUT2D eigenvalue weighted by molar-refractivity contribution is -0.175. The maximum absolute atomic E-state index is 12.8. The molecule has 0 aliphatic carbocycles. The molecule has 1 aromatic rings. The van der Waals surface area contributed by atoms with E-state index in [4.69, 9.17) is 0 Å². The third kappa shape index (κ3) is 4.49. The molecule has 5 heteroatoms. The number of benzene rings is 1. The molecule has 1 saturated heterocycles. The second-order valence-electron chi connectivity index (χ2n) is 5.48. The molecule has 0 aromatic heterocycles. The number of rotatable bonds is 3.